The number of hydrogen-bond acceptors (Lipinski definition) is 3. The third-order valence-electron chi connectivity index (χ3n) is 3.78. The highest BCUT2D eigenvalue weighted by Crippen LogP contribution is 2.29. The molecular formula is C15H19N3OS. The predicted octanol–water partition coefficient (Wildman–Crippen LogP) is 3.01. The topological polar surface area (TPSA) is 49.0 Å². The molecule has 2 aromatic heterocycles. The first-order valence-corrected chi connectivity index (χ1v) is 7.90. The zero-order valence-corrected chi connectivity index (χ0v) is 12.5. The first-order chi connectivity index (χ1) is 9.74. The van der Waals surface area contributed by atoms with E-state index in [0.29, 0.717) is 6.54 Å². The summed E-state index contributed by atoms with van der Waals surface area (Å²) in [7, 11) is 1.85. The second-order valence-corrected chi connectivity index (χ2v) is 6.52. The molecule has 0 saturated carbocycles. The summed E-state index contributed by atoms with van der Waals surface area (Å²) >= 11 is 1.68. The number of H-pyrrole nitrogens is 1. The molecule has 0 aromatic carbocycles. The molecule has 2 aromatic rings. The van der Waals surface area contributed by atoms with Gasteiger partial charge in [0.05, 0.1) is 11.1 Å². The fourth-order valence-corrected chi connectivity index (χ4v) is 3.92. The molecule has 0 aliphatic heterocycles. The maximum atomic E-state index is 12.5. The Morgan fingerprint density at radius 3 is 3.05 bits per heavy atom. The van der Waals surface area contributed by atoms with Gasteiger partial charge in [-0.15, -0.1) is 11.3 Å². The molecule has 20 heavy (non-hydrogen) atoms. The Labute approximate surface area is 122 Å². The van der Waals surface area contributed by atoms with Crippen molar-refractivity contribution in [2.75, 3.05) is 7.05 Å². The van der Waals surface area contributed by atoms with E-state index in [1.807, 2.05) is 13.2 Å². The molecule has 0 bridgehead atoms. The van der Waals surface area contributed by atoms with Crippen molar-refractivity contribution in [3.63, 3.8) is 0 Å². The standard InChI is InChI=1S/C15H19N3OS/c1-18(10-11-8-16-17-9-11)15(19)14-7-12-5-3-2-4-6-13(12)20-14/h7-9H,2-6,10H2,1H3,(H,16,17). The Morgan fingerprint density at radius 2 is 2.25 bits per heavy atom. The highest BCUT2D eigenvalue weighted by Gasteiger charge is 2.19. The largest absolute Gasteiger partial charge is 0.337 e. The van der Waals surface area contributed by atoms with Gasteiger partial charge < -0.3 is 4.90 Å². The fourth-order valence-electron chi connectivity index (χ4n) is 2.67. The van der Waals surface area contributed by atoms with Crippen molar-refractivity contribution in [3.05, 3.63) is 39.3 Å². The fraction of sp³-hybridized carbons (Fsp3) is 0.467. The van der Waals surface area contributed by atoms with E-state index in [9.17, 15) is 4.79 Å². The monoisotopic (exact) mass is 289 g/mol. The number of fused-ring (bicyclic) bond motifs is 1. The Morgan fingerprint density at radius 1 is 1.40 bits per heavy atom. The van der Waals surface area contributed by atoms with E-state index in [1.54, 1.807) is 22.4 Å². The van der Waals surface area contributed by atoms with Gasteiger partial charge in [0.1, 0.15) is 0 Å². The van der Waals surface area contributed by atoms with Gasteiger partial charge in [0.25, 0.3) is 5.91 Å². The average Bonchev–Trinajstić information content (AvgIpc) is 3.04. The minimum absolute atomic E-state index is 0.115. The number of amides is 1. The summed E-state index contributed by atoms with van der Waals surface area (Å²) in [5, 5.41) is 6.69. The second-order valence-electron chi connectivity index (χ2n) is 5.39. The number of aryl methyl sites for hydroxylation is 2. The van der Waals surface area contributed by atoms with E-state index in [4.69, 9.17) is 0 Å². The van der Waals surface area contributed by atoms with E-state index < -0.39 is 0 Å². The lowest BCUT2D eigenvalue weighted by molar-refractivity contribution is 0.0790. The number of aromatic nitrogens is 2. The molecular weight excluding hydrogens is 270 g/mol. The third kappa shape index (κ3) is 2.77. The predicted molar refractivity (Wildman–Crippen MR) is 80.0 cm³/mol. The Hall–Kier alpha value is -1.62. The Kier molecular flexibility index (Phi) is 3.87. The van der Waals surface area contributed by atoms with Crippen LogP contribution in [0.15, 0.2) is 18.5 Å². The highest BCUT2D eigenvalue weighted by molar-refractivity contribution is 7.14. The van der Waals surface area contributed by atoms with Crippen LogP contribution in [-0.4, -0.2) is 28.1 Å². The summed E-state index contributed by atoms with van der Waals surface area (Å²) in [4.78, 5) is 16.5. The van der Waals surface area contributed by atoms with Crippen LogP contribution in [0.1, 0.15) is 44.9 Å². The van der Waals surface area contributed by atoms with Crippen molar-refractivity contribution in [2.24, 2.45) is 0 Å². The molecule has 0 unspecified atom stereocenters. The Bertz CT molecular complexity index is 565. The van der Waals surface area contributed by atoms with Gasteiger partial charge >= 0.3 is 0 Å². The molecule has 5 heteroatoms. The van der Waals surface area contributed by atoms with Gasteiger partial charge in [-0.1, -0.05) is 6.42 Å². The van der Waals surface area contributed by atoms with E-state index in [-0.39, 0.29) is 5.91 Å². The summed E-state index contributed by atoms with van der Waals surface area (Å²) in [5.41, 5.74) is 2.42. The summed E-state index contributed by atoms with van der Waals surface area (Å²) in [6, 6.07) is 2.11. The van der Waals surface area contributed by atoms with Crippen LogP contribution in [0.3, 0.4) is 0 Å². The highest BCUT2D eigenvalue weighted by atomic mass is 32.1. The quantitative estimate of drug-likeness (QED) is 0.883. The molecule has 1 aliphatic carbocycles. The second kappa shape index (κ2) is 5.79. The van der Waals surface area contributed by atoms with Crippen molar-refractivity contribution in [1.29, 1.82) is 0 Å². The zero-order chi connectivity index (χ0) is 13.9. The van der Waals surface area contributed by atoms with Gasteiger partial charge in [-0.05, 0) is 37.3 Å². The van der Waals surface area contributed by atoms with Crippen LogP contribution in [0.2, 0.25) is 0 Å². The lowest BCUT2D eigenvalue weighted by Gasteiger charge is -2.14. The van der Waals surface area contributed by atoms with Gasteiger partial charge in [-0.2, -0.15) is 5.10 Å². The lowest BCUT2D eigenvalue weighted by atomic mass is 10.1. The number of hydrogen-bond donors (Lipinski definition) is 1. The van der Waals surface area contributed by atoms with Gasteiger partial charge in [0, 0.05) is 30.2 Å². The summed E-state index contributed by atoms with van der Waals surface area (Å²) < 4.78 is 0. The van der Waals surface area contributed by atoms with Crippen LogP contribution in [0.25, 0.3) is 0 Å². The molecule has 0 atom stereocenters. The van der Waals surface area contributed by atoms with E-state index >= 15 is 0 Å². The number of rotatable bonds is 3. The lowest BCUT2D eigenvalue weighted by Crippen LogP contribution is -2.25. The van der Waals surface area contributed by atoms with Crippen LogP contribution >= 0.6 is 11.3 Å². The number of nitrogens with zero attached hydrogens (tertiary/aromatic N) is 2. The maximum Gasteiger partial charge on any atom is 0.263 e. The summed E-state index contributed by atoms with van der Waals surface area (Å²) in [6.45, 7) is 0.595. The average molecular weight is 289 g/mol. The van der Waals surface area contributed by atoms with Crippen molar-refractivity contribution in [3.8, 4) is 0 Å². The minimum atomic E-state index is 0.115. The first kappa shape index (κ1) is 13.4. The van der Waals surface area contributed by atoms with Gasteiger partial charge in [-0.25, -0.2) is 0 Å². The molecule has 0 radical (unpaired) electrons. The SMILES string of the molecule is CN(Cc1cn[nH]c1)C(=O)c1cc2c(s1)CCCCC2. The number of carbonyl (C=O) groups excluding carboxylic acids is 1. The van der Waals surface area contributed by atoms with Crippen LogP contribution in [0.4, 0.5) is 0 Å². The molecule has 0 saturated heterocycles. The molecule has 3 rings (SSSR count). The van der Waals surface area contributed by atoms with E-state index in [0.717, 1.165) is 23.3 Å². The van der Waals surface area contributed by atoms with Gasteiger partial charge in [0.15, 0.2) is 0 Å². The van der Waals surface area contributed by atoms with E-state index in [2.05, 4.69) is 16.3 Å². The van der Waals surface area contributed by atoms with E-state index in [1.165, 1.54) is 29.7 Å². The summed E-state index contributed by atoms with van der Waals surface area (Å²) in [6.07, 6.45) is 9.67. The normalized spacial score (nSPS) is 14.7. The van der Waals surface area contributed by atoms with Crippen LogP contribution < -0.4 is 0 Å². The number of thiophene rings is 1. The van der Waals surface area contributed by atoms with Crippen molar-refractivity contribution in [1.82, 2.24) is 15.1 Å². The smallest absolute Gasteiger partial charge is 0.263 e. The van der Waals surface area contributed by atoms with Crippen molar-refractivity contribution in [2.45, 2.75) is 38.6 Å². The first-order valence-electron chi connectivity index (χ1n) is 7.09. The molecule has 0 fully saturated rings. The number of nitrogens with one attached hydrogen (secondary N) is 1. The molecule has 0 spiro atoms. The van der Waals surface area contributed by atoms with Crippen LogP contribution in [0.5, 0.6) is 0 Å². The number of carbonyl (C=O) groups is 1. The molecule has 2 heterocycles. The summed E-state index contributed by atoms with van der Waals surface area (Å²) in [5.74, 6) is 0.115. The molecule has 1 N–H and O–H groups in total. The number of aromatic amines is 1. The maximum absolute atomic E-state index is 12.5. The molecule has 106 valence electrons. The Balaban J connectivity index is 1.73. The third-order valence-corrected chi connectivity index (χ3v) is 5.00. The van der Waals surface area contributed by atoms with Crippen molar-refractivity contribution < 1.29 is 4.79 Å². The van der Waals surface area contributed by atoms with Gasteiger partial charge in [0.2, 0.25) is 0 Å². The molecule has 4 nitrogen and oxygen atoms in total. The zero-order valence-electron chi connectivity index (χ0n) is 11.7. The molecule has 1 aliphatic rings. The van der Waals surface area contributed by atoms with Crippen LogP contribution in [-0.2, 0) is 19.4 Å². The molecule has 1 amide bonds. The minimum Gasteiger partial charge on any atom is -0.337 e. The van der Waals surface area contributed by atoms with Crippen LogP contribution in [0, 0.1) is 0 Å². The van der Waals surface area contributed by atoms with Crippen molar-refractivity contribution >= 4 is 17.2 Å². The van der Waals surface area contributed by atoms with Gasteiger partial charge in [-0.3, -0.25) is 9.89 Å².